The Labute approximate surface area is 98.1 Å². The average Bonchev–Trinajstić information content (AvgIpc) is 2.46. The number of aromatic nitrogens is 1. The van der Waals surface area contributed by atoms with E-state index in [9.17, 15) is 4.79 Å². The summed E-state index contributed by atoms with van der Waals surface area (Å²) in [5.41, 5.74) is 3.06. The van der Waals surface area contributed by atoms with Crippen LogP contribution >= 0.6 is 0 Å². The lowest BCUT2D eigenvalue weighted by atomic mass is 10.1. The Kier molecular flexibility index (Phi) is 4.30. The van der Waals surface area contributed by atoms with E-state index >= 15 is 0 Å². The van der Waals surface area contributed by atoms with Crippen LogP contribution in [0.3, 0.4) is 0 Å². The third-order valence-electron chi connectivity index (χ3n) is 3.09. The average molecular weight is 222 g/mol. The van der Waals surface area contributed by atoms with Gasteiger partial charge in [-0.3, -0.25) is 9.69 Å². The van der Waals surface area contributed by atoms with Gasteiger partial charge in [0.2, 0.25) is 0 Å². The first-order valence-corrected chi connectivity index (χ1v) is 5.82. The van der Waals surface area contributed by atoms with Crippen LogP contribution in [0, 0.1) is 13.8 Å². The summed E-state index contributed by atoms with van der Waals surface area (Å²) < 4.78 is 2.06. The Balaban J connectivity index is 2.77. The molecule has 0 aliphatic heterocycles. The van der Waals surface area contributed by atoms with Crippen LogP contribution in [0.2, 0.25) is 0 Å². The van der Waals surface area contributed by atoms with Crippen LogP contribution in [0.15, 0.2) is 6.07 Å². The molecule has 0 fully saturated rings. The van der Waals surface area contributed by atoms with Crippen LogP contribution in [0.25, 0.3) is 0 Å². The van der Waals surface area contributed by atoms with Gasteiger partial charge in [-0.1, -0.05) is 6.92 Å². The molecule has 0 aliphatic rings. The normalized spacial score (nSPS) is 11.1. The van der Waals surface area contributed by atoms with Gasteiger partial charge in [-0.25, -0.2) is 0 Å². The fraction of sp³-hybridized carbons (Fsp3) is 0.615. The highest BCUT2D eigenvalue weighted by atomic mass is 16.1. The van der Waals surface area contributed by atoms with E-state index < -0.39 is 0 Å². The zero-order valence-corrected chi connectivity index (χ0v) is 11.0. The maximum Gasteiger partial charge on any atom is 0.178 e. The van der Waals surface area contributed by atoms with Gasteiger partial charge in [0.1, 0.15) is 0 Å². The molecule has 16 heavy (non-hydrogen) atoms. The predicted molar refractivity (Wildman–Crippen MR) is 67.0 cm³/mol. The molecule has 0 spiro atoms. The third kappa shape index (κ3) is 2.73. The van der Waals surface area contributed by atoms with Crippen LogP contribution in [0.5, 0.6) is 0 Å². The molecule has 0 aromatic carbocycles. The Morgan fingerprint density at radius 3 is 2.50 bits per heavy atom. The van der Waals surface area contributed by atoms with Crippen molar-refractivity contribution in [2.24, 2.45) is 7.05 Å². The molecule has 0 saturated carbocycles. The number of likely N-dealkylation sites (N-methyl/N-ethyl adjacent to an activating group) is 1. The van der Waals surface area contributed by atoms with E-state index in [1.807, 2.05) is 34.0 Å². The number of hydrogen-bond donors (Lipinski definition) is 0. The molecule has 0 bridgehead atoms. The van der Waals surface area contributed by atoms with Gasteiger partial charge in [-0.15, -0.1) is 0 Å². The predicted octanol–water partition coefficient (Wildman–Crippen LogP) is 2.17. The van der Waals surface area contributed by atoms with E-state index in [0.29, 0.717) is 6.54 Å². The molecule has 1 aromatic heterocycles. The zero-order valence-electron chi connectivity index (χ0n) is 11.0. The van der Waals surface area contributed by atoms with Crippen LogP contribution in [-0.2, 0) is 7.05 Å². The quantitative estimate of drug-likeness (QED) is 0.713. The van der Waals surface area contributed by atoms with Gasteiger partial charge < -0.3 is 4.57 Å². The van der Waals surface area contributed by atoms with Crippen molar-refractivity contribution in [3.8, 4) is 0 Å². The largest absolute Gasteiger partial charge is 0.351 e. The second kappa shape index (κ2) is 5.30. The first kappa shape index (κ1) is 13.0. The van der Waals surface area contributed by atoms with E-state index in [1.165, 1.54) is 0 Å². The Bertz CT molecular complexity index is 380. The highest BCUT2D eigenvalue weighted by molar-refractivity contribution is 5.98. The molecule has 3 nitrogen and oxygen atoms in total. The fourth-order valence-electron chi connectivity index (χ4n) is 1.93. The number of nitrogens with zero attached hydrogens (tertiary/aromatic N) is 2. The molecular formula is C13H22N2O. The zero-order chi connectivity index (χ0) is 12.3. The van der Waals surface area contributed by atoms with Crippen molar-refractivity contribution in [3.05, 3.63) is 23.0 Å². The van der Waals surface area contributed by atoms with E-state index in [0.717, 1.165) is 29.9 Å². The summed E-state index contributed by atoms with van der Waals surface area (Å²) in [4.78, 5) is 14.1. The molecule has 3 heteroatoms. The van der Waals surface area contributed by atoms with Gasteiger partial charge in [-0.05, 0) is 39.9 Å². The molecular weight excluding hydrogens is 200 g/mol. The van der Waals surface area contributed by atoms with E-state index in [4.69, 9.17) is 0 Å². The lowest BCUT2D eigenvalue weighted by molar-refractivity contribution is 0.0946. The van der Waals surface area contributed by atoms with Gasteiger partial charge in [0.25, 0.3) is 0 Å². The number of Topliss-reactive ketones (excluding diaryl/α,β-unsaturated/α-hetero) is 1. The van der Waals surface area contributed by atoms with Crippen molar-refractivity contribution in [1.29, 1.82) is 0 Å². The summed E-state index contributed by atoms with van der Waals surface area (Å²) in [6, 6.07) is 1.98. The lowest BCUT2D eigenvalue weighted by Gasteiger charge is -2.14. The fourth-order valence-corrected chi connectivity index (χ4v) is 1.93. The summed E-state index contributed by atoms with van der Waals surface area (Å²) in [7, 11) is 3.99. The number of aryl methyl sites for hydroxylation is 1. The lowest BCUT2D eigenvalue weighted by Crippen LogP contribution is -2.26. The number of hydrogen-bond acceptors (Lipinski definition) is 2. The Morgan fingerprint density at radius 2 is 2.06 bits per heavy atom. The number of carbonyl (C=O) groups excluding carboxylic acids is 1. The van der Waals surface area contributed by atoms with Crippen LogP contribution < -0.4 is 0 Å². The van der Waals surface area contributed by atoms with Gasteiger partial charge in [0.05, 0.1) is 6.54 Å². The highest BCUT2D eigenvalue weighted by Crippen LogP contribution is 2.14. The third-order valence-corrected chi connectivity index (χ3v) is 3.09. The Hall–Kier alpha value is -1.09. The first-order chi connectivity index (χ1) is 7.47. The summed E-state index contributed by atoms with van der Waals surface area (Å²) >= 11 is 0. The van der Waals surface area contributed by atoms with Crippen LogP contribution in [0.1, 0.15) is 35.1 Å². The monoisotopic (exact) mass is 222 g/mol. The number of rotatable bonds is 5. The van der Waals surface area contributed by atoms with E-state index in [2.05, 4.69) is 16.4 Å². The molecule has 0 radical (unpaired) electrons. The molecule has 1 aromatic rings. The van der Waals surface area contributed by atoms with Gasteiger partial charge >= 0.3 is 0 Å². The minimum atomic E-state index is 0.220. The molecule has 0 amide bonds. The molecule has 1 rings (SSSR count). The second-order valence-electron chi connectivity index (χ2n) is 4.50. The summed E-state index contributed by atoms with van der Waals surface area (Å²) in [6.07, 6.45) is 1.08. The molecule has 0 N–H and O–H groups in total. The number of carbonyl (C=O) groups is 1. The highest BCUT2D eigenvalue weighted by Gasteiger charge is 2.15. The van der Waals surface area contributed by atoms with Gasteiger partial charge in [-0.2, -0.15) is 0 Å². The first-order valence-electron chi connectivity index (χ1n) is 5.82. The second-order valence-corrected chi connectivity index (χ2v) is 4.50. The SMILES string of the molecule is CCCN(C)CC(=O)c1cc(C)n(C)c1C. The maximum atomic E-state index is 12.1. The summed E-state index contributed by atoms with van der Waals surface area (Å²) in [5, 5.41) is 0. The summed E-state index contributed by atoms with van der Waals surface area (Å²) in [5.74, 6) is 0.220. The van der Waals surface area contributed by atoms with Crippen molar-refractivity contribution in [3.63, 3.8) is 0 Å². The molecule has 0 aliphatic carbocycles. The van der Waals surface area contributed by atoms with Crippen LogP contribution in [0.4, 0.5) is 0 Å². The van der Waals surface area contributed by atoms with Crippen LogP contribution in [-0.4, -0.2) is 35.4 Å². The van der Waals surface area contributed by atoms with Crippen molar-refractivity contribution >= 4 is 5.78 Å². The number of ketones is 1. The maximum absolute atomic E-state index is 12.1. The van der Waals surface area contributed by atoms with Crippen molar-refractivity contribution < 1.29 is 4.79 Å². The van der Waals surface area contributed by atoms with Crippen molar-refractivity contribution in [2.45, 2.75) is 27.2 Å². The van der Waals surface area contributed by atoms with E-state index in [1.54, 1.807) is 0 Å². The standard InChI is InChI=1S/C13H22N2O/c1-6-7-14(4)9-13(16)12-8-10(2)15(5)11(12)3/h8H,6-7,9H2,1-5H3. The van der Waals surface area contributed by atoms with E-state index in [-0.39, 0.29) is 5.78 Å². The van der Waals surface area contributed by atoms with Crippen molar-refractivity contribution in [2.75, 3.05) is 20.1 Å². The van der Waals surface area contributed by atoms with Gasteiger partial charge in [0.15, 0.2) is 5.78 Å². The molecule has 0 unspecified atom stereocenters. The molecule has 1 heterocycles. The van der Waals surface area contributed by atoms with Gasteiger partial charge in [0, 0.05) is 24.0 Å². The minimum Gasteiger partial charge on any atom is -0.351 e. The Morgan fingerprint density at radius 1 is 1.44 bits per heavy atom. The van der Waals surface area contributed by atoms with Crippen molar-refractivity contribution in [1.82, 2.24) is 9.47 Å². The smallest absolute Gasteiger partial charge is 0.178 e. The molecule has 0 atom stereocenters. The minimum absolute atomic E-state index is 0.220. The molecule has 90 valence electrons. The summed E-state index contributed by atoms with van der Waals surface area (Å²) in [6.45, 7) is 7.63. The molecule has 0 saturated heterocycles. The topological polar surface area (TPSA) is 25.2 Å².